The number of piperidine rings is 1. The Morgan fingerprint density at radius 3 is 2.50 bits per heavy atom. The summed E-state index contributed by atoms with van der Waals surface area (Å²) < 4.78 is 1.62. The van der Waals surface area contributed by atoms with Crippen molar-refractivity contribution in [2.24, 2.45) is 5.92 Å². The molecule has 1 unspecified atom stereocenters. The van der Waals surface area contributed by atoms with E-state index in [0.717, 1.165) is 68.8 Å². The molecule has 0 bridgehead atoms. The van der Waals surface area contributed by atoms with Crippen LogP contribution in [0.3, 0.4) is 0 Å². The molecule has 2 aromatic carbocycles. The third kappa shape index (κ3) is 5.68. The molecule has 7 nitrogen and oxygen atoms in total. The van der Waals surface area contributed by atoms with E-state index in [1.165, 1.54) is 51.5 Å². The minimum atomic E-state index is -0.978. The second kappa shape index (κ2) is 11.9. The summed E-state index contributed by atoms with van der Waals surface area (Å²) in [7, 11) is 0. The predicted molar refractivity (Wildman–Crippen MR) is 172 cm³/mol. The fourth-order valence-corrected chi connectivity index (χ4v) is 7.89. The van der Waals surface area contributed by atoms with Crippen LogP contribution in [0.2, 0.25) is 0 Å². The first-order valence-corrected chi connectivity index (χ1v) is 16.6. The molecule has 1 aliphatic heterocycles. The van der Waals surface area contributed by atoms with Gasteiger partial charge in [-0.05, 0) is 111 Å². The smallest absolute Gasteiger partial charge is 0.339 e. The van der Waals surface area contributed by atoms with Gasteiger partial charge in [-0.15, -0.1) is 0 Å². The summed E-state index contributed by atoms with van der Waals surface area (Å²) in [6, 6.07) is 19.7. The van der Waals surface area contributed by atoms with Gasteiger partial charge in [-0.2, -0.15) is 5.10 Å². The number of benzene rings is 2. The molecule has 44 heavy (non-hydrogen) atoms. The number of carboxylic acids is 1. The van der Waals surface area contributed by atoms with E-state index < -0.39 is 5.97 Å². The van der Waals surface area contributed by atoms with Crippen molar-refractivity contribution in [3.63, 3.8) is 0 Å². The first-order chi connectivity index (χ1) is 21.4. The van der Waals surface area contributed by atoms with Crippen LogP contribution in [-0.4, -0.2) is 49.1 Å². The van der Waals surface area contributed by atoms with Crippen LogP contribution < -0.4 is 0 Å². The molecule has 1 saturated heterocycles. The molecule has 1 amide bonds. The number of likely N-dealkylation sites (tertiary alicyclic amines) is 1. The molecular weight excluding hydrogens is 568 g/mol. The van der Waals surface area contributed by atoms with Crippen LogP contribution in [0.1, 0.15) is 87.8 Å². The van der Waals surface area contributed by atoms with Crippen molar-refractivity contribution in [3.05, 3.63) is 99.9 Å². The van der Waals surface area contributed by atoms with Gasteiger partial charge in [0.2, 0.25) is 5.91 Å². The number of aryl methyl sites for hydroxylation is 2. The van der Waals surface area contributed by atoms with Gasteiger partial charge in [0, 0.05) is 36.5 Å². The number of carbonyl (C=O) groups excluding carboxylic acids is 1. The summed E-state index contributed by atoms with van der Waals surface area (Å²) in [5, 5.41) is 14.4. The molecule has 1 saturated carbocycles. The number of carbonyl (C=O) groups is 2. The van der Waals surface area contributed by atoms with Crippen LogP contribution in [0.5, 0.6) is 0 Å². The van der Waals surface area contributed by atoms with Gasteiger partial charge in [0.15, 0.2) is 0 Å². The minimum absolute atomic E-state index is 0.200. The molecule has 8 heteroatoms. The molecule has 3 heterocycles. The summed E-state index contributed by atoms with van der Waals surface area (Å²) in [6.07, 6.45) is 8.86. The van der Waals surface area contributed by atoms with Crippen LogP contribution in [0.15, 0.2) is 65.8 Å². The average molecular weight is 607 g/mol. The van der Waals surface area contributed by atoms with Crippen molar-refractivity contribution in [2.45, 2.75) is 75.7 Å². The molecule has 2 aromatic heterocycles. The lowest BCUT2D eigenvalue weighted by atomic mass is 9.84. The average Bonchev–Trinajstić information content (AvgIpc) is 3.71. The lowest BCUT2D eigenvalue weighted by Gasteiger charge is -2.32. The van der Waals surface area contributed by atoms with Gasteiger partial charge in [0.05, 0.1) is 17.6 Å². The van der Waals surface area contributed by atoms with Crippen molar-refractivity contribution in [1.82, 2.24) is 19.1 Å². The molecular formula is C36H38N4O3S. The molecule has 2 fully saturated rings. The Morgan fingerprint density at radius 2 is 1.77 bits per heavy atom. The normalized spacial score (nSPS) is 18.4. The first kappa shape index (κ1) is 28.8. The molecule has 3 aliphatic rings. The van der Waals surface area contributed by atoms with Crippen LogP contribution in [-0.2, 0) is 17.6 Å². The Labute approximate surface area is 262 Å². The van der Waals surface area contributed by atoms with Gasteiger partial charge in [-0.3, -0.25) is 4.79 Å². The Kier molecular flexibility index (Phi) is 7.79. The standard InChI is InChI=1S/C36H38N4O3S/c1-22-19-28(24-15-17-39(18-16-24)35(41)26-10-11-26)13-12-27(22)20-29-14-9-25-5-3-6-30(34(25)29)32-7-4-8-33(38-32)44-40-23(2)31(21-37-40)36(42)43/h3-8,12-13,19,21,24,26,29H,9-11,14-18,20H2,1-2H3,(H,42,43). The highest BCUT2D eigenvalue weighted by Crippen LogP contribution is 2.42. The first-order valence-electron chi connectivity index (χ1n) is 15.8. The second-order valence-corrected chi connectivity index (χ2v) is 13.6. The van der Waals surface area contributed by atoms with E-state index in [1.54, 1.807) is 11.0 Å². The van der Waals surface area contributed by atoms with Gasteiger partial charge in [-0.1, -0.05) is 42.5 Å². The molecule has 0 spiro atoms. The monoisotopic (exact) mass is 606 g/mol. The Hall–Kier alpha value is -3.91. The van der Waals surface area contributed by atoms with Gasteiger partial charge in [-0.25, -0.2) is 13.9 Å². The van der Waals surface area contributed by atoms with E-state index in [2.05, 4.69) is 59.4 Å². The quantitative estimate of drug-likeness (QED) is 0.228. The SMILES string of the molecule is Cc1cc(C2CCN(C(=O)C3CC3)CC2)ccc1CC1CCc2cccc(-c3cccc(Sn4ncc(C(=O)O)c4C)n3)c21. The minimum Gasteiger partial charge on any atom is -0.478 e. The zero-order valence-corrected chi connectivity index (χ0v) is 26.1. The summed E-state index contributed by atoms with van der Waals surface area (Å²) in [5.74, 6) is 0.672. The van der Waals surface area contributed by atoms with E-state index >= 15 is 0 Å². The van der Waals surface area contributed by atoms with Gasteiger partial charge >= 0.3 is 5.97 Å². The number of amides is 1. The molecule has 0 radical (unpaired) electrons. The topological polar surface area (TPSA) is 88.3 Å². The number of hydrogen-bond acceptors (Lipinski definition) is 5. The highest BCUT2D eigenvalue weighted by molar-refractivity contribution is 7.97. The molecule has 1 N–H and O–H groups in total. The fraction of sp³-hybridized carbons (Fsp3) is 0.389. The lowest BCUT2D eigenvalue weighted by molar-refractivity contribution is -0.133. The largest absolute Gasteiger partial charge is 0.478 e. The summed E-state index contributed by atoms with van der Waals surface area (Å²) in [6.45, 7) is 5.79. The fourth-order valence-electron chi connectivity index (χ4n) is 7.10. The van der Waals surface area contributed by atoms with Crippen molar-refractivity contribution >= 4 is 23.8 Å². The summed E-state index contributed by atoms with van der Waals surface area (Å²) >= 11 is 1.33. The van der Waals surface area contributed by atoms with E-state index in [-0.39, 0.29) is 5.56 Å². The van der Waals surface area contributed by atoms with Crippen molar-refractivity contribution in [3.8, 4) is 11.3 Å². The number of aromatic carboxylic acids is 1. The molecule has 226 valence electrons. The van der Waals surface area contributed by atoms with Gasteiger partial charge < -0.3 is 10.0 Å². The number of pyridine rings is 1. The Bertz CT molecular complexity index is 1740. The maximum atomic E-state index is 12.5. The Morgan fingerprint density at radius 1 is 0.977 bits per heavy atom. The van der Waals surface area contributed by atoms with Gasteiger partial charge in [0.25, 0.3) is 0 Å². The van der Waals surface area contributed by atoms with E-state index in [0.29, 0.717) is 29.4 Å². The van der Waals surface area contributed by atoms with Crippen LogP contribution in [0.25, 0.3) is 11.3 Å². The van der Waals surface area contributed by atoms with Crippen molar-refractivity contribution in [2.75, 3.05) is 13.1 Å². The molecule has 1 atom stereocenters. The van der Waals surface area contributed by atoms with E-state index in [9.17, 15) is 14.7 Å². The number of hydrogen-bond donors (Lipinski definition) is 1. The Balaban J connectivity index is 1.08. The number of carboxylic acid groups (broad SMARTS) is 1. The predicted octanol–water partition coefficient (Wildman–Crippen LogP) is 7.20. The second-order valence-electron chi connectivity index (χ2n) is 12.7. The lowest BCUT2D eigenvalue weighted by Crippen LogP contribution is -2.38. The third-order valence-corrected chi connectivity index (χ3v) is 10.7. The van der Waals surface area contributed by atoms with Crippen molar-refractivity contribution < 1.29 is 14.7 Å². The van der Waals surface area contributed by atoms with E-state index in [4.69, 9.17) is 4.98 Å². The molecule has 2 aliphatic carbocycles. The summed E-state index contributed by atoms with van der Waals surface area (Å²) in [5.41, 5.74) is 9.89. The van der Waals surface area contributed by atoms with Crippen molar-refractivity contribution in [1.29, 1.82) is 0 Å². The zero-order valence-electron chi connectivity index (χ0n) is 25.3. The maximum absolute atomic E-state index is 12.5. The van der Waals surface area contributed by atoms with Crippen LogP contribution in [0.4, 0.5) is 0 Å². The third-order valence-electron chi connectivity index (χ3n) is 9.78. The van der Waals surface area contributed by atoms with Crippen LogP contribution in [0, 0.1) is 19.8 Å². The highest BCUT2D eigenvalue weighted by atomic mass is 32.2. The number of fused-ring (bicyclic) bond motifs is 1. The van der Waals surface area contributed by atoms with Gasteiger partial charge in [0.1, 0.15) is 10.6 Å². The zero-order chi connectivity index (χ0) is 30.4. The number of aromatic nitrogens is 3. The summed E-state index contributed by atoms with van der Waals surface area (Å²) in [4.78, 5) is 31.1. The van der Waals surface area contributed by atoms with Crippen LogP contribution >= 0.6 is 11.9 Å². The maximum Gasteiger partial charge on any atom is 0.339 e. The number of rotatable bonds is 8. The molecule has 7 rings (SSSR count). The van der Waals surface area contributed by atoms with E-state index in [1.807, 2.05) is 12.1 Å². The highest BCUT2D eigenvalue weighted by Gasteiger charge is 2.35. The number of nitrogens with zero attached hydrogens (tertiary/aromatic N) is 4. The molecule has 4 aromatic rings.